The maximum absolute atomic E-state index is 4.59. The third kappa shape index (κ3) is 1.51. The van der Waals surface area contributed by atoms with Crippen molar-refractivity contribution in [3.8, 4) is 0 Å². The monoisotopic (exact) mass is 291 g/mol. The Kier molecular flexibility index (Phi) is 2.38. The molecule has 110 valence electrons. The number of benzene rings is 1. The molecule has 2 aliphatic heterocycles. The number of rotatable bonds is 1. The highest BCUT2D eigenvalue weighted by molar-refractivity contribution is 5.91. The van der Waals surface area contributed by atoms with Crippen molar-refractivity contribution in [2.45, 2.75) is 11.8 Å². The van der Waals surface area contributed by atoms with Gasteiger partial charge in [-0.05, 0) is 30.7 Å². The lowest BCUT2D eigenvalue weighted by Crippen LogP contribution is -2.34. The summed E-state index contributed by atoms with van der Waals surface area (Å²) in [6.45, 7) is 3.12. The zero-order chi connectivity index (χ0) is 14.6. The van der Waals surface area contributed by atoms with Crippen LogP contribution < -0.4 is 10.2 Å². The first-order valence-corrected chi connectivity index (χ1v) is 7.73. The van der Waals surface area contributed by atoms with Gasteiger partial charge >= 0.3 is 0 Å². The van der Waals surface area contributed by atoms with Crippen LogP contribution in [0.3, 0.4) is 0 Å². The molecular weight excluding hydrogens is 274 g/mol. The van der Waals surface area contributed by atoms with Crippen molar-refractivity contribution < 1.29 is 0 Å². The minimum absolute atomic E-state index is 0.212. The number of nitrogens with zero attached hydrogens (tertiary/aromatic N) is 3. The van der Waals surface area contributed by atoms with Crippen molar-refractivity contribution in [1.29, 1.82) is 0 Å². The Labute approximate surface area is 128 Å². The van der Waals surface area contributed by atoms with E-state index >= 15 is 0 Å². The van der Waals surface area contributed by atoms with Crippen molar-refractivity contribution in [3.05, 3.63) is 48.4 Å². The van der Waals surface area contributed by atoms with Gasteiger partial charge in [-0.1, -0.05) is 18.2 Å². The van der Waals surface area contributed by atoms with Crippen LogP contribution in [0, 0.1) is 0 Å². The molecule has 0 unspecified atom stereocenters. The summed E-state index contributed by atoms with van der Waals surface area (Å²) in [7, 11) is 0. The Morgan fingerprint density at radius 2 is 2.09 bits per heavy atom. The number of fused-ring (bicyclic) bond motifs is 3. The highest BCUT2D eigenvalue weighted by Gasteiger charge is 2.45. The van der Waals surface area contributed by atoms with Gasteiger partial charge in [0.1, 0.15) is 17.8 Å². The number of hydrogen-bond donors (Lipinski definition) is 2. The van der Waals surface area contributed by atoms with Gasteiger partial charge in [0.25, 0.3) is 0 Å². The maximum atomic E-state index is 4.59. The molecule has 4 heterocycles. The molecule has 1 spiro atoms. The topological polar surface area (TPSA) is 56.8 Å². The van der Waals surface area contributed by atoms with E-state index in [0.29, 0.717) is 0 Å². The molecule has 5 nitrogen and oxygen atoms in total. The molecule has 2 aromatic heterocycles. The summed E-state index contributed by atoms with van der Waals surface area (Å²) < 4.78 is 0. The van der Waals surface area contributed by atoms with Gasteiger partial charge in [0.2, 0.25) is 0 Å². The predicted molar refractivity (Wildman–Crippen MR) is 86.5 cm³/mol. The van der Waals surface area contributed by atoms with Crippen LogP contribution in [0.15, 0.2) is 42.9 Å². The van der Waals surface area contributed by atoms with Crippen LogP contribution in [0.4, 0.5) is 11.5 Å². The summed E-state index contributed by atoms with van der Waals surface area (Å²) in [5.74, 6) is 1.00. The van der Waals surface area contributed by atoms with Crippen LogP contribution in [0.25, 0.3) is 11.0 Å². The van der Waals surface area contributed by atoms with E-state index in [-0.39, 0.29) is 5.41 Å². The van der Waals surface area contributed by atoms with E-state index in [4.69, 9.17) is 0 Å². The van der Waals surface area contributed by atoms with E-state index in [2.05, 4.69) is 55.5 Å². The molecule has 1 aromatic carbocycles. The Morgan fingerprint density at radius 1 is 1.14 bits per heavy atom. The zero-order valence-electron chi connectivity index (χ0n) is 12.2. The second kappa shape index (κ2) is 4.30. The molecule has 0 bridgehead atoms. The Bertz CT molecular complexity index is 847. The fourth-order valence-corrected chi connectivity index (χ4v) is 4.00. The molecule has 22 heavy (non-hydrogen) atoms. The lowest BCUT2D eigenvalue weighted by molar-refractivity contribution is 0.508. The Balaban J connectivity index is 1.72. The number of H-pyrrole nitrogens is 1. The second-order valence-corrected chi connectivity index (χ2v) is 6.25. The van der Waals surface area contributed by atoms with Crippen LogP contribution in [-0.4, -0.2) is 34.6 Å². The first-order valence-electron chi connectivity index (χ1n) is 7.73. The number of para-hydroxylation sites is 1. The van der Waals surface area contributed by atoms with Crippen molar-refractivity contribution in [3.63, 3.8) is 0 Å². The van der Waals surface area contributed by atoms with Crippen molar-refractivity contribution in [2.75, 3.05) is 24.5 Å². The van der Waals surface area contributed by atoms with Gasteiger partial charge in [-0.15, -0.1) is 0 Å². The lowest BCUT2D eigenvalue weighted by atomic mass is 9.82. The molecule has 0 aliphatic carbocycles. The third-order valence-corrected chi connectivity index (χ3v) is 5.06. The van der Waals surface area contributed by atoms with Crippen LogP contribution in [0.2, 0.25) is 0 Å². The van der Waals surface area contributed by atoms with Crippen molar-refractivity contribution in [2.24, 2.45) is 0 Å². The molecule has 3 aromatic rings. The maximum Gasteiger partial charge on any atom is 0.145 e. The molecule has 0 saturated carbocycles. The van der Waals surface area contributed by atoms with E-state index < -0.39 is 0 Å². The van der Waals surface area contributed by atoms with Gasteiger partial charge in [0.05, 0.1) is 5.39 Å². The Morgan fingerprint density at radius 3 is 3.00 bits per heavy atom. The number of hydrogen-bond acceptors (Lipinski definition) is 4. The number of anilines is 2. The number of aromatic amines is 1. The summed E-state index contributed by atoms with van der Waals surface area (Å²) >= 11 is 0. The molecule has 5 rings (SSSR count). The van der Waals surface area contributed by atoms with Gasteiger partial charge in [-0.2, -0.15) is 0 Å². The smallest absolute Gasteiger partial charge is 0.145 e. The minimum Gasteiger partial charge on any atom is -0.346 e. The van der Waals surface area contributed by atoms with Crippen LogP contribution in [-0.2, 0) is 5.41 Å². The summed E-state index contributed by atoms with van der Waals surface area (Å²) in [6.07, 6.45) is 4.76. The standard InChI is InChI=1S/C17H17N5/c1-2-4-14-13(3-1)17(6-8-18-9-17)10-22(14)16-12-5-7-19-15(12)20-11-21-16/h1-5,7,11,18H,6,8-10H2,(H,19,20,21)/t17-/m0/s1. The second-order valence-electron chi connectivity index (χ2n) is 6.25. The summed E-state index contributed by atoms with van der Waals surface area (Å²) in [6, 6.07) is 10.8. The predicted octanol–water partition coefficient (Wildman–Crippen LogP) is 2.34. The van der Waals surface area contributed by atoms with Crippen LogP contribution in [0.5, 0.6) is 0 Å². The molecule has 0 amide bonds. The summed E-state index contributed by atoms with van der Waals surface area (Å²) in [4.78, 5) is 14.4. The lowest BCUT2D eigenvalue weighted by Gasteiger charge is -2.24. The van der Waals surface area contributed by atoms with E-state index in [1.54, 1.807) is 6.33 Å². The minimum atomic E-state index is 0.212. The van der Waals surface area contributed by atoms with Crippen LogP contribution in [0.1, 0.15) is 12.0 Å². The number of nitrogens with one attached hydrogen (secondary N) is 2. The van der Waals surface area contributed by atoms with Crippen molar-refractivity contribution in [1.82, 2.24) is 20.3 Å². The van der Waals surface area contributed by atoms with E-state index in [1.807, 2.05) is 6.20 Å². The Hall–Kier alpha value is -2.40. The fourth-order valence-electron chi connectivity index (χ4n) is 4.00. The van der Waals surface area contributed by atoms with E-state index in [9.17, 15) is 0 Å². The van der Waals surface area contributed by atoms with Gasteiger partial charge < -0.3 is 15.2 Å². The third-order valence-electron chi connectivity index (χ3n) is 5.06. The molecule has 1 fully saturated rings. The SMILES string of the molecule is c1ccc2c(c1)N(c1ncnc3[nH]ccc13)C[C@@]21CCNC1. The largest absolute Gasteiger partial charge is 0.346 e. The summed E-state index contributed by atoms with van der Waals surface area (Å²) in [5.41, 5.74) is 3.84. The molecule has 5 heteroatoms. The van der Waals surface area contributed by atoms with E-state index in [1.165, 1.54) is 17.7 Å². The molecule has 0 radical (unpaired) electrons. The van der Waals surface area contributed by atoms with Crippen molar-refractivity contribution >= 4 is 22.5 Å². The molecule has 1 atom stereocenters. The molecule has 1 saturated heterocycles. The zero-order valence-corrected chi connectivity index (χ0v) is 12.2. The molecular formula is C17H17N5. The van der Waals surface area contributed by atoms with Gasteiger partial charge in [-0.3, -0.25) is 0 Å². The highest BCUT2D eigenvalue weighted by atomic mass is 15.2. The van der Waals surface area contributed by atoms with Gasteiger partial charge in [0.15, 0.2) is 0 Å². The average Bonchev–Trinajstić information content (AvgIpc) is 3.28. The first-order chi connectivity index (χ1) is 10.9. The van der Waals surface area contributed by atoms with Crippen LogP contribution >= 0.6 is 0 Å². The molecule has 2 aliphatic rings. The summed E-state index contributed by atoms with van der Waals surface area (Å²) in [5, 5.41) is 4.62. The highest BCUT2D eigenvalue weighted by Crippen LogP contribution is 2.47. The van der Waals surface area contributed by atoms with Gasteiger partial charge in [-0.25, -0.2) is 9.97 Å². The normalized spacial score (nSPS) is 23.5. The van der Waals surface area contributed by atoms with E-state index in [0.717, 1.165) is 36.5 Å². The average molecular weight is 291 g/mol. The van der Waals surface area contributed by atoms with Gasteiger partial charge in [0, 0.05) is 30.4 Å². The fraction of sp³-hybridized carbons (Fsp3) is 0.294. The molecule has 2 N–H and O–H groups in total. The quantitative estimate of drug-likeness (QED) is 0.722. The number of aromatic nitrogens is 3. The first kappa shape index (κ1) is 12.2.